The summed E-state index contributed by atoms with van der Waals surface area (Å²) in [5, 5.41) is 14.0. The van der Waals surface area contributed by atoms with Crippen molar-refractivity contribution in [2.24, 2.45) is 0 Å². The highest BCUT2D eigenvalue weighted by atomic mass is 35.5. The summed E-state index contributed by atoms with van der Waals surface area (Å²) in [6.07, 6.45) is 0. The van der Waals surface area contributed by atoms with Gasteiger partial charge in [0.05, 0.1) is 16.5 Å². The first-order chi connectivity index (χ1) is 12.3. The zero-order valence-electron chi connectivity index (χ0n) is 14.2. The van der Waals surface area contributed by atoms with Gasteiger partial charge in [-0.1, -0.05) is 29.8 Å². The zero-order chi connectivity index (χ0) is 19.3. The zero-order valence-corrected chi connectivity index (χ0v) is 14.9. The summed E-state index contributed by atoms with van der Waals surface area (Å²) < 4.78 is 4.96. The van der Waals surface area contributed by atoms with Crippen molar-refractivity contribution in [2.45, 2.75) is 19.9 Å². The van der Waals surface area contributed by atoms with E-state index >= 15 is 0 Å². The molecule has 1 N–H and O–H groups in total. The number of benzene rings is 2. The number of carbonyl (C=O) groups is 2. The Labute approximate surface area is 155 Å². The molecule has 0 saturated heterocycles. The number of nitrogens with zero attached hydrogens (tertiary/aromatic N) is 1. The van der Waals surface area contributed by atoms with Crippen LogP contribution in [0.2, 0.25) is 5.02 Å². The lowest BCUT2D eigenvalue weighted by Gasteiger charge is -2.15. The van der Waals surface area contributed by atoms with Gasteiger partial charge in [-0.05, 0) is 37.6 Å². The molecule has 0 spiro atoms. The van der Waals surface area contributed by atoms with Crippen LogP contribution in [-0.2, 0) is 9.53 Å². The van der Waals surface area contributed by atoms with Gasteiger partial charge in [-0.3, -0.25) is 14.9 Å². The first kappa shape index (κ1) is 19.4. The Kier molecular flexibility index (Phi) is 6.30. The van der Waals surface area contributed by atoms with Gasteiger partial charge in [0.25, 0.3) is 11.6 Å². The van der Waals surface area contributed by atoms with Gasteiger partial charge in [-0.15, -0.1) is 0 Å². The highest BCUT2D eigenvalue weighted by molar-refractivity contribution is 6.31. The van der Waals surface area contributed by atoms with Gasteiger partial charge in [-0.2, -0.15) is 0 Å². The fourth-order valence-corrected chi connectivity index (χ4v) is 2.69. The second kappa shape index (κ2) is 8.44. The molecular weight excluding hydrogens is 360 g/mol. The van der Waals surface area contributed by atoms with Crippen LogP contribution in [-0.4, -0.2) is 23.4 Å². The second-order valence-electron chi connectivity index (χ2n) is 5.65. The van der Waals surface area contributed by atoms with E-state index in [4.69, 9.17) is 16.3 Å². The predicted molar refractivity (Wildman–Crippen MR) is 96.1 cm³/mol. The van der Waals surface area contributed by atoms with Gasteiger partial charge in [0.2, 0.25) is 0 Å². The van der Waals surface area contributed by atoms with Crippen LogP contribution >= 0.6 is 11.6 Å². The monoisotopic (exact) mass is 376 g/mol. The van der Waals surface area contributed by atoms with Crippen LogP contribution in [0.15, 0.2) is 42.5 Å². The smallest absolute Gasteiger partial charge is 0.338 e. The van der Waals surface area contributed by atoms with Crippen LogP contribution in [0, 0.1) is 17.0 Å². The lowest BCUT2D eigenvalue weighted by atomic mass is 10.1. The third kappa shape index (κ3) is 4.80. The Balaban J connectivity index is 1.93. The predicted octanol–water partition coefficient (Wildman–Crippen LogP) is 3.59. The Morgan fingerprint density at radius 2 is 1.96 bits per heavy atom. The maximum absolute atomic E-state index is 12.0. The summed E-state index contributed by atoms with van der Waals surface area (Å²) >= 11 is 6.08. The molecule has 0 heterocycles. The van der Waals surface area contributed by atoms with Gasteiger partial charge in [0, 0.05) is 16.7 Å². The van der Waals surface area contributed by atoms with E-state index in [1.165, 1.54) is 25.1 Å². The molecule has 2 aromatic carbocycles. The second-order valence-corrected chi connectivity index (χ2v) is 6.05. The number of ether oxygens (including phenoxy) is 1. The molecule has 0 aliphatic rings. The van der Waals surface area contributed by atoms with Crippen molar-refractivity contribution in [3.8, 4) is 0 Å². The third-order valence-corrected chi connectivity index (χ3v) is 4.06. The van der Waals surface area contributed by atoms with Crippen molar-refractivity contribution in [1.82, 2.24) is 5.32 Å². The number of hydrogen-bond donors (Lipinski definition) is 1. The average Bonchev–Trinajstić information content (AvgIpc) is 2.59. The summed E-state index contributed by atoms with van der Waals surface area (Å²) in [5.41, 5.74) is 1.13. The average molecular weight is 377 g/mol. The molecule has 0 aliphatic heterocycles. The Morgan fingerprint density at radius 1 is 1.27 bits per heavy atom. The Morgan fingerprint density at radius 3 is 2.58 bits per heavy atom. The fourth-order valence-electron chi connectivity index (χ4n) is 2.39. The number of rotatable bonds is 6. The van der Waals surface area contributed by atoms with Crippen LogP contribution < -0.4 is 5.32 Å². The minimum Gasteiger partial charge on any atom is -0.452 e. The van der Waals surface area contributed by atoms with E-state index < -0.39 is 23.4 Å². The van der Waals surface area contributed by atoms with Gasteiger partial charge in [-0.25, -0.2) is 4.79 Å². The Hall–Kier alpha value is -2.93. The van der Waals surface area contributed by atoms with Crippen molar-refractivity contribution in [3.05, 3.63) is 74.3 Å². The maximum atomic E-state index is 12.0. The first-order valence-corrected chi connectivity index (χ1v) is 8.13. The minimum absolute atomic E-state index is 0.0899. The summed E-state index contributed by atoms with van der Waals surface area (Å²) in [6.45, 7) is 2.82. The lowest BCUT2D eigenvalue weighted by Crippen LogP contribution is -2.31. The number of amides is 1. The quantitative estimate of drug-likeness (QED) is 0.472. The summed E-state index contributed by atoms with van der Waals surface area (Å²) in [4.78, 5) is 34.2. The molecular formula is C18H17ClN2O5. The number of nitro groups is 1. The number of aryl methyl sites for hydroxylation is 1. The molecule has 1 amide bonds. The van der Waals surface area contributed by atoms with E-state index in [2.05, 4.69) is 5.32 Å². The molecule has 1 atom stereocenters. The Bertz CT molecular complexity index is 853. The van der Waals surface area contributed by atoms with Gasteiger partial charge < -0.3 is 10.1 Å². The molecule has 0 bridgehead atoms. The number of carbonyl (C=O) groups excluding carboxylic acids is 2. The van der Waals surface area contributed by atoms with Crippen LogP contribution in [0.25, 0.3) is 0 Å². The number of hydrogen-bond acceptors (Lipinski definition) is 5. The van der Waals surface area contributed by atoms with Crippen molar-refractivity contribution in [1.29, 1.82) is 0 Å². The topological polar surface area (TPSA) is 98.5 Å². The third-order valence-electron chi connectivity index (χ3n) is 3.71. The van der Waals surface area contributed by atoms with E-state index in [9.17, 15) is 19.7 Å². The van der Waals surface area contributed by atoms with Crippen LogP contribution in [0.1, 0.15) is 34.5 Å². The first-order valence-electron chi connectivity index (χ1n) is 7.75. The molecule has 8 heteroatoms. The lowest BCUT2D eigenvalue weighted by molar-refractivity contribution is -0.385. The van der Waals surface area contributed by atoms with E-state index in [0.29, 0.717) is 10.6 Å². The van der Waals surface area contributed by atoms with E-state index in [1.54, 1.807) is 31.2 Å². The SMILES string of the molecule is Cc1cc(C(=O)OCC(=O)N[C@@H](C)c2ccccc2Cl)ccc1[N+](=O)[O-]. The molecule has 136 valence electrons. The largest absolute Gasteiger partial charge is 0.452 e. The van der Waals surface area contributed by atoms with E-state index in [0.717, 1.165) is 5.56 Å². The van der Waals surface area contributed by atoms with E-state index in [-0.39, 0.29) is 17.3 Å². The van der Waals surface area contributed by atoms with Crippen molar-refractivity contribution < 1.29 is 19.2 Å². The fraction of sp³-hybridized carbons (Fsp3) is 0.222. The minimum atomic E-state index is -0.733. The van der Waals surface area contributed by atoms with Gasteiger partial charge >= 0.3 is 5.97 Å². The van der Waals surface area contributed by atoms with Crippen molar-refractivity contribution in [3.63, 3.8) is 0 Å². The van der Waals surface area contributed by atoms with Crippen molar-refractivity contribution >= 4 is 29.2 Å². The molecule has 0 radical (unpaired) electrons. The molecule has 0 unspecified atom stereocenters. The summed E-state index contributed by atoms with van der Waals surface area (Å²) in [6, 6.07) is 10.6. The molecule has 0 saturated carbocycles. The molecule has 0 aliphatic carbocycles. The molecule has 0 aromatic heterocycles. The number of halogens is 1. The summed E-state index contributed by atoms with van der Waals surface area (Å²) in [7, 11) is 0. The molecule has 2 rings (SSSR count). The van der Waals surface area contributed by atoms with Crippen LogP contribution in [0.4, 0.5) is 5.69 Å². The standard InChI is InChI=1S/C18H17ClN2O5/c1-11-9-13(7-8-16(11)21(24)25)18(23)26-10-17(22)20-12(2)14-5-3-4-6-15(14)19/h3-9,12H,10H2,1-2H3,(H,20,22)/t12-/m0/s1. The number of esters is 1. The molecule has 2 aromatic rings. The number of nitro benzene ring substituents is 1. The maximum Gasteiger partial charge on any atom is 0.338 e. The van der Waals surface area contributed by atoms with Crippen molar-refractivity contribution in [2.75, 3.05) is 6.61 Å². The van der Waals surface area contributed by atoms with Crippen LogP contribution in [0.5, 0.6) is 0 Å². The highest BCUT2D eigenvalue weighted by Gasteiger charge is 2.17. The normalized spacial score (nSPS) is 11.5. The molecule has 0 fully saturated rings. The van der Waals surface area contributed by atoms with Gasteiger partial charge in [0.15, 0.2) is 6.61 Å². The van der Waals surface area contributed by atoms with E-state index in [1.807, 2.05) is 0 Å². The summed E-state index contributed by atoms with van der Waals surface area (Å²) in [5.74, 6) is -1.21. The molecule has 26 heavy (non-hydrogen) atoms. The van der Waals surface area contributed by atoms with Crippen LogP contribution in [0.3, 0.4) is 0 Å². The number of nitrogens with one attached hydrogen (secondary N) is 1. The van der Waals surface area contributed by atoms with Gasteiger partial charge in [0.1, 0.15) is 0 Å². The molecule has 7 nitrogen and oxygen atoms in total. The highest BCUT2D eigenvalue weighted by Crippen LogP contribution is 2.22.